The minimum atomic E-state index is -4.40. The van der Waals surface area contributed by atoms with Gasteiger partial charge >= 0.3 is 6.18 Å². The Labute approximate surface area is 94.9 Å². The second kappa shape index (κ2) is 4.17. The molecule has 0 aliphatic heterocycles. The molecule has 0 radical (unpaired) electrons. The van der Waals surface area contributed by atoms with E-state index in [-0.39, 0.29) is 6.54 Å². The second-order valence-electron chi connectivity index (χ2n) is 3.34. The number of aromatic nitrogens is 3. The second-order valence-corrected chi connectivity index (χ2v) is 3.34. The van der Waals surface area contributed by atoms with Gasteiger partial charge in [0.25, 0.3) is 0 Å². The molecule has 2 rings (SSSR count). The molecular weight excluding hydrogens is 233 g/mol. The molecule has 0 aromatic carbocycles. The third-order valence-corrected chi connectivity index (χ3v) is 2.22. The van der Waals surface area contributed by atoms with E-state index in [2.05, 4.69) is 10.1 Å². The van der Waals surface area contributed by atoms with E-state index in [9.17, 15) is 13.2 Å². The van der Waals surface area contributed by atoms with Crippen LogP contribution in [0.4, 0.5) is 13.2 Å². The molecule has 2 heterocycles. The van der Waals surface area contributed by atoms with Crippen LogP contribution in [0.25, 0.3) is 5.69 Å². The van der Waals surface area contributed by atoms with Gasteiger partial charge in [0.2, 0.25) is 0 Å². The number of nitrogens with two attached hydrogens (primary N) is 1. The SMILES string of the molecule is NCc1ncccc1-n1cc(C(F)(F)F)cn1. The third kappa shape index (κ3) is 2.28. The number of hydrogen-bond acceptors (Lipinski definition) is 3. The van der Waals surface area contributed by atoms with Gasteiger partial charge in [-0.2, -0.15) is 18.3 Å². The van der Waals surface area contributed by atoms with Gasteiger partial charge in [0.1, 0.15) is 0 Å². The molecule has 0 fully saturated rings. The molecule has 0 saturated heterocycles. The summed E-state index contributed by atoms with van der Waals surface area (Å²) in [6.07, 6.45) is -1.19. The molecule has 0 unspecified atom stereocenters. The van der Waals surface area contributed by atoms with Gasteiger partial charge in [0.05, 0.1) is 23.1 Å². The molecule has 2 N–H and O–H groups in total. The molecule has 7 heteroatoms. The summed E-state index contributed by atoms with van der Waals surface area (Å²) in [7, 11) is 0. The third-order valence-electron chi connectivity index (χ3n) is 2.22. The van der Waals surface area contributed by atoms with Gasteiger partial charge in [-0.1, -0.05) is 0 Å². The lowest BCUT2D eigenvalue weighted by Gasteiger charge is -2.06. The van der Waals surface area contributed by atoms with E-state index in [0.717, 1.165) is 17.1 Å². The van der Waals surface area contributed by atoms with Gasteiger partial charge < -0.3 is 5.73 Å². The molecule has 0 saturated carbocycles. The summed E-state index contributed by atoms with van der Waals surface area (Å²) in [5.41, 5.74) is 5.59. The van der Waals surface area contributed by atoms with Crippen molar-refractivity contribution in [2.75, 3.05) is 0 Å². The van der Waals surface area contributed by atoms with Gasteiger partial charge in [-0.25, -0.2) is 4.68 Å². The summed E-state index contributed by atoms with van der Waals surface area (Å²) >= 11 is 0. The average Bonchev–Trinajstić information content (AvgIpc) is 2.77. The lowest BCUT2D eigenvalue weighted by Crippen LogP contribution is -2.07. The van der Waals surface area contributed by atoms with Crippen molar-refractivity contribution in [2.45, 2.75) is 12.7 Å². The van der Waals surface area contributed by atoms with Crippen molar-refractivity contribution in [3.05, 3.63) is 42.0 Å². The Kier molecular flexibility index (Phi) is 2.84. The number of hydrogen-bond donors (Lipinski definition) is 1. The zero-order valence-corrected chi connectivity index (χ0v) is 8.65. The van der Waals surface area contributed by atoms with E-state index in [1.165, 1.54) is 6.20 Å². The summed E-state index contributed by atoms with van der Waals surface area (Å²) in [6.45, 7) is 0.136. The molecule has 2 aromatic rings. The molecule has 90 valence electrons. The zero-order chi connectivity index (χ0) is 12.5. The fraction of sp³-hybridized carbons (Fsp3) is 0.200. The highest BCUT2D eigenvalue weighted by molar-refractivity contribution is 5.36. The summed E-state index contributed by atoms with van der Waals surface area (Å²) in [5.74, 6) is 0. The van der Waals surface area contributed by atoms with E-state index in [1.807, 2.05) is 0 Å². The Morgan fingerprint density at radius 2 is 2.12 bits per heavy atom. The molecule has 4 nitrogen and oxygen atoms in total. The monoisotopic (exact) mass is 242 g/mol. The maximum Gasteiger partial charge on any atom is 0.419 e. The van der Waals surface area contributed by atoms with Crippen molar-refractivity contribution < 1.29 is 13.2 Å². The number of pyridine rings is 1. The van der Waals surface area contributed by atoms with E-state index in [4.69, 9.17) is 5.73 Å². The normalized spacial score (nSPS) is 11.8. The van der Waals surface area contributed by atoms with Gasteiger partial charge in [-0.3, -0.25) is 4.98 Å². The summed E-state index contributed by atoms with van der Waals surface area (Å²) in [6, 6.07) is 3.23. The van der Waals surface area contributed by atoms with Gasteiger partial charge in [-0.05, 0) is 12.1 Å². The molecular formula is C10H9F3N4. The Morgan fingerprint density at radius 1 is 1.35 bits per heavy atom. The highest BCUT2D eigenvalue weighted by Crippen LogP contribution is 2.29. The minimum Gasteiger partial charge on any atom is -0.325 e. The molecule has 0 aliphatic carbocycles. The number of alkyl halides is 3. The fourth-order valence-corrected chi connectivity index (χ4v) is 1.40. The van der Waals surface area contributed by atoms with Crippen molar-refractivity contribution in [1.82, 2.24) is 14.8 Å². The molecule has 0 spiro atoms. The lowest BCUT2D eigenvalue weighted by atomic mass is 10.3. The Balaban J connectivity index is 2.44. The van der Waals surface area contributed by atoms with Crippen molar-refractivity contribution in [3.63, 3.8) is 0 Å². The van der Waals surface area contributed by atoms with Crippen molar-refractivity contribution in [1.29, 1.82) is 0 Å². The first-order valence-electron chi connectivity index (χ1n) is 4.78. The molecule has 0 atom stereocenters. The first-order chi connectivity index (χ1) is 8.02. The molecule has 0 amide bonds. The van der Waals surface area contributed by atoms with Crippen LogP contribution in [0, 0.1) is 0 Å². The summed E-state index contributed by atoms with van der Waals surface area (Å²) < 4.78 is 38.3. The largest absolute Gasteiger partial charge is 0.419 e. The molecule has 0 aliphatic rings. The van der Waals surface area contributed by atoms with Crippen molar-refractivity contribution in [3.8, 4) is 5.69 Å². The minimum absolute atomic E-state index is 0.136. The highest BCUT2D eigenvalue weighted by atomic mass is 19.4. The fourth-order valence-electron chi connectivity index (χ4n) is 1.40. The van der Waals surface area contributed by atoms with E-state index >= 15 is 0 Å². The van der Waals surface area contributed by atoms with E-state index in [1.54, 1.807) is 12.1 Å². The number of nitrogens with zero attached hydrogens (tertiary/aromatic N) is 3. The van der Waals surface area contributed by atoms with Gasteiger partial charge in [-0.15, -0.1) is 0 Å². The van der Waals surface area contributed by atoms with Crippen molar-refractivity contribution >= 4 is 0 Å². The van der Waals surface area contributed by atoms with Gasteiger partial charge in [0.15, 0.2) is 0 Å². The molecule has 0 bridgehead atoms. The van der Waals surface area contributed by atoms with E-state index in [0.29, 0.717) is 11.4 Å². The number of halogens is 3. The van der Waals surface area contributed by atoms with E-state index < -0.39 is 11.7 Å². The van der Waals surface area contributed by atoms with Crippen LogP contribution in [0.3, 0.4) is 0 Å². The first-order valence-corrected chi connectivity index (χ1v) is 4.78. The maximum absolute atomic E-state index is 12.4. The van der Waals surface area contributed by atoms with Crippen LogP contribution in [-0.2, 0) is 12.7 Å². The van der Waals surface area contributed by atoms with Crippen LogP contribution in [0.15, 0.2) is 30.7 Å². The van der Waals surface area contributed by atoms with Gasteiger partial charge in [0, 0.05) is 18.9 Å². The summed E-state index contributed by atoms with van der Waals surface area (Å²) in [5, 5.41) is 3.66. The van der Waals surface area contributed by atoms with Crippen LogP contribution < -0.4 is 5.73 Å². The first kappa shape index (κ1) is 11.6. The van der Waals surface area contributed by atoms with Crippen LogP contribution >= 0.6 is 0 Å². The zero-order valence-electron chi connectivity index (χ0n) is 8.65. The molecule has 17 heavy (non-hydrogen) atoms. The Morgan fingerprint density at radius 3 is 2.71 bits per heavy atom. The lowest BCUT2D eigenvalue weighted by molar-refractivity contribution is -0.137. The smallest absolute Gasteiger partial charge is 0.325 e. The van der Waals surface area contributed by atoms with Crippen molar-refractivity contribution in [2.24, 2.45) is 5.73 Å². The Bertz CT molecular complexity index is 518. The van der Waals surface area contributed by atoms with Crippen LogP contribution in [0.1, 0.15) is 11.3 Å². The molecule has 2 aromatic heterocycles. The van der Waals surface area contributed by atoms with Crippen LogP contribution in [-0.4, -0.2) is 14.8 Å². The quantitative estimate of drug-likeness (QED) is 0.872. The highest BCUT2D eigenvalue weighted by Gasteiger charge is 2.32. The maximum atomic E-state index is 12.4. The standard InChI is InChI=1S/C10H9F3N4/c11-10(12,13)7-5-16-17(6-7)9-2-1-3-15-8(9)4-14/h1-3,5-6H,4,14H2. The number of rotatable bonds is 2. The predicted octanol–water partition coefficient (Wildman–Crippen LogP) is 1.74. The van der Waals surface area contributed by atoms with Crippen LogP contribution in [0.2, 0.25) is 0 Å². The Hall–Kier alpha value is -1.89. The average molecular weight is 242 g/mol. The summed E-state index contributed by atoms with van der Waals surface area (Å²) in [4.78, 5) is 3.98. The van der Waals surface area contributed by atoms with Crippen LogP contribution in [0.5, 0.6) is 0 Å². The topological polar surface area (TPSA) is 56.7 Å². The predicted molar refractivity (Wildman–Crippen MR) is 54.3 cm³/mol.